The predicted molar refractivity (Wildman–Crippen MR) is 113 cm³/mol. The van der Waals surface area contributed by atoms with E-state index in [1.165, 1.54) is 23.4 Å². The van der Waals surface area contributed by atoms with E-state index >= 15 is 0 Å². The van der Waals surface area contributed by atoms with Crippen LogP contribution < -0.4 is 4.90 Å². The largest absolute Gasteiger partial charge is 0.351 e. The number of benzene rings is 2. The van der Waals surface area contributed by atoms with Crippen LogP contribution in [0.5, 0.6) is 0 Å². The van der Waals surface area contributed by atoms with E-state index in [-0.39, 0.29) is 23.0 Å². The van der Waals surface area contributed by atoms with Gasteiger partial charge in [0, 0.05) is 40.7 Å². The zero-order valence-electron chi connectivity index (χ0n) is 16.2. The lowest BCUT2D eigenvalue weighted by molar-refractivity contribution is -0.127. The van der Waals surface area contributed by atoms with Gasteiger partial charge in [-0.2, -0.15) is 5.26 Å². The third kappa shape index (κ3) is 3.80. The maximum atomic E-state index is 14.3. The Labute approximate surface area is 182 Å². The monoisotopic (exact) mass is 439 g/mol. The normalized spacial score (nSPS) is 16.3. The second kappa shape index (κ2) is 8.28. The van der Waals surface area contributed by atoms with E-state index in [2.05, 4.69) is 22.6 Å². The molecule has 1 unspecified atom stereocenters. The summed E-state index contributed by atoms with van der Waals surface area (Å²) in [5.41, 5.74) is 1.06. The Balaban J connectivity index is 1.74. The van der Waals surface area contributed by atoms with Crippen molar-refractivity contribution in [3.63, 3.8) is 0 Å². The number of halogens is 3. The Hall–Kier alpha value is -3.57. The number of anilines is 1. The highest BCUT2D eigenvalue weighted by Crippen LogP contribution is 2.36. The minimum absolute atomic E-state index is 0.162. The third-order valence-electron chi connectivity index (χ3n) is 5.21. The summed E-state index contributed by atoms with van der Waals surface area (Å²) in [6.07, 6.45) is 2.56. The predicted octanol–water partition coefficient (Wildman–Crippen LogP) is 3.96. The van der Waals surface area contributed by atoms with Crippen LogP contribution in [0.15, 0.2) is 49.3 Å². The molecular formula is C22H16ClF2N5O. The number of hydrogen-bond acceptors (Lipinski definition) is 5. The first-order valence-corrected chi connectivity index (χ1v) is 9.78. The van der Waals surface area contributed by atoms with E-state index in [1.807, 2.05) is 4.90 Å². The lowest BCUT2D eigenvalue weighted by atomic mass is 10.0. The maximum Gasteiger partial charge on any atom is 0.247 e. The zero-order valence-corrected chi connectivity index (χ0v) is 17.0. The maximum absolute atomic E-state index is 14.3. The molecule has 2 heterocycles. The molecule has 0 saturated carbocycles. The van der Waals surface area contributed by atoms with Crippen LogP contribution in [0.2, 0.25) is 5.02 Å². The van der Waals surface area contributed by atoms with Crippen molar-refractivity contribution in [2.24, 2.45) is 0 Å². The summed E-state index contributed by atoms with van der Waals surface area (Å²) in [6.45, 7) is 4.53. The van der Waals surface area contributed by atoms with Gasteiger partial charge in [-0.3, -0.25) is 4.79 Å². The number of aromatic nitrogens is 2. The van der Waals surface area contributed by atoms with Crippen LogP contribution in [-0.2, 0) is 4.79 Å². The van der Waals surface area contributed by atoms with Crippen LogP contribution in [0.1, 0.15) is 0 Å². The molecule has 0 radical (unpaired) electrons. The highest BCUT2D eigenvalue weighted by molar-refractivity contribution is 6.34. The molecule has 1 aliphatic heterocycles. The molecule has 6 nitrogen and oxygen atoms in total. The van der Waals surface area contributed by atoms with Gasteiger partial charge in [0.25, 0.3) is 0 Å². The Kier molecular flexibility index (Phi) is 5.53. The number of fused-ring (bicyclic) bond motifs is 1. The van der Waals surface area contributed by atoms with Gasteiger partial charge in [-0.1, -0.05) is 18.2 Å². The quantitative estimate of drug-likeness (QED) is 0.578. The van der Waals surface area contributed by atoms with Crippen LogP contribution >= 0.6 is 11.6 Å². The standard InChI is InChI=1S/C22H16ClF2N5O/c1-2-21(31)30-6-5-29(11-14(30)10-26)22-17-8-18(23)16(9-20(17)27-12-28-22)15-4-3-13(24)7-19(15)25/h2-4,7-9,12,14H,1,5-6,11H2. The molecule has 9 heteroatoms. The van der Waals surface area contributed by atoms with Gasteiger partial charge in [0.1, 0.15) is 29.8 Å². The molecule has 0 bridgehead atoms. The van der Waals surface area contributed by atoms with E-state index in [0.29, 0.717) is 35.4 Å². The lowest BCUT2D eigenvalue weighted by Gasteiger charge is -2.38. The molecule has 31 heavy (non-hydrogen) atoms. The van der Waals surface area contributed by atoms with Crippen LogP contribution in [0.4, 0.5) is 14.6 Å². The first-order valence-electron chi connectivity index (χ1n) is 9.40. The molecule has 1 amide bonds. The molecule has 0 N–H and O–H groups in total. The second-order valence-electron chi connectivity index (χ2n) is 7.00. The molecule has 0 aliphatic carbocycles. The first-order chi connectivity index (χ1) is 14.9. The number of carbonyl (C=O) groups excluding carboxylic acids is 1. The molecule has 3 aromatic rings. The van der Waals surface area contributed by atoms with Gasteiger partial charge in [-0.15, -0.1) is 0 Å². The van der Waals surface area contributed by atoms with Crippen LogP contribution in [0.25, 0.3) is 22.0 Å². The number of rotatable bonds is 3. The average molecular weight is 440 g/mol. The zero-order chi connectivity index (χ0) is 22.1. The summed E-state index contributed by atoms with van der Waals surface area (Å²) < 4.78 is 27.6. The molecule has 0 spiro atoms. The van der Waals surface area contributed by atoms with Crippen molar-refractivity contribution in [3.05, 3.63) is 66.0 Å². The molecular weight excluding hydrogens is 424 g/mol. The molecule has 4 rings (SSSR count). The number of hydrogen-bond donors (Lipinski definition) is 0. The van der Waals surface area contributed by atoms with E-state index in [1.54, 1.807) is 12.1 Å². The summed E-state index contributed by atoms with van der Waals surface area (Å²) in [6, 6.07) is 8.03. The summed E-state index contributed by atoms with van der Waals surface area (Å²) >= 11 is 6.45. The van der Waals surface area contributed by atoms with Gasteiger partial charge in [0.15, 0.2) is 0 Å². The van der Waals surface area contributed by atoms with Crippen LogP contribution in [0.3, 0.4) is 0 Å². The number of amides is 1. The Morgan fingerprint density at radius 2 is 2.03 bits per heavy atom. The van der Waals surface area contributed by atoms with Gasteiger partial charge in [0.05, 0.1) is 18.1 Å². The van der Waals surface area contributed by atoms with Crippen molar-refractivity contribution < 1.29 is 13.6 Å². The van der Waals surface area contributed by atoms with Gasteiger partial charge >= 0.3 is 0 Å². The second-order valence-corrected chi connectivity index (χ2v) is 7.40. The minimum Gasteiger partial charge on any atom is -0.351 e. The van der Waals surface area contributed by atoms with E-state index in [0.717, 1.165) is 12.1 Å². The van der Waals surface area contributed by atoms with E-state index < -0.39 is 17.7 Å². The molecule has 1 fully saturated rings. The third-order valence-corrected chi connectivity index (χ3v) is 5.52. The van der Waals surface area contributed by atoms with Crippen molar-refractivity contribution in [2.45, 2.75) is 6.04 Å². The fraction of sp³-hybridized carbons (Fsp3) is 0.182. The van der Waals surface area contributed by atoms with E-state index in [4.69, 9.17) is 11.6 Å². The molecule has 1 aromatic heterocycles. The summed E-state index contributed by atoms with van der Waals surface area (Å²) in [7, 11) is 0. The minimum atomic E-state index is -0.726. The smallest absolute Gasteiger partial charge is 0.247 e. The van der Waals surface area contributed by atoms with Crippen molar-refractivity contribution >= 4 is 34.2 Å². The molecule has 156 valence electrons. The van der Waals surface area contributed by atoms with Crippen molar-refractivity contribution in [2.75, 3.05) is 24.5 Å². The van der Waals surface area contributed by atoms with Gasteiger partial charge < -0.3 is 9.80 Å². The van der Waals surface area contributed by atoms with Crippen LogP contribution in [0, 0.1) is 23.0 Å². The lowest BCUT2D eigenvalue weighted by Crippen LogP contribution is -2.54. The summed E-state index contributed by atoms with van der Waals surface area (Å²) in [4.78, 5) is 24.0. The number of nitrogens with zero attached hydrogens (tertiary/aromatic N) is 5. The molecule has 2 aromatic carbocycles. The fourth-order valence-corrected chi connectivity index (χ4v) is 3.96. The van der Waals surface area contributed by atoms with Crippen molar-refractivity contribution in [1.82, 2.24) is 14.9 Å². The Morgan fingerprint density at radius 1 is 1.23 bits per heavy atom. The summed E-state index contributed by atoms with van der Waals surface area (Å²) in [5, 5.41) is 10.4. The van der Waals surface area contributed by atoms with Gasteiger partial charge in [0.2, 0.25) is 5.91 Å². The highest BCUT2D eigenvalue weighted by atomic mass is 35.5. The molecule has 1 aliphatic rings. The highest BCUT2D eigenvalue weighted by Gasteiger charge is 2.30. The average Bonchev–Trinajstić information content (AvgIpc) is 2.77. The van der Waals surface area contributed by atoms with Gasteiger partial charge in [-0.25, -0.2) is 18.7 Å². The summed E-state index contributed by atoms with van der Waals surface area (Å²) in [5.74, 6) is -1.14. The first kappa shape index (κ1) is 20.7. The van der Waals surface area contributed by atoms with Crippen molar-refractivity contribution in [3.8, 4) is 17.2 Å². The number of carbonyl (C=O) groups is 1. The Morgan fingerprint density at radius 3 is 2.74 bits per heavy atom. The van der Waals surface area contributed by atoms with Gasteiger partial charge in [-0.05, 0) is 30.3 Å². The topological polar surface area (TPSA) is 73.1 Å². The SMILES string of the molecule is C=CC(=O)N1CCN(c2ncnc3cc(-c4ccc(F)cc4F)c(Cl)cc23)CC1C#N. The van der Waals surface area contributed by atoms with Crippen LogP contribution in [-0.4, -0.2) is 46.5 Å². The number of piperazine rings is 1. The number of nitriles is 1. The molecule has 1 atom stereocenters. The molecule has 1 saturated heterocycles. The van der Waals surface area contributed by atoms with E-state index in [9.17, 15) is 18.8 Å². The van der Waals surface area contributed by atoms with Crippen molar-refractivity contribution in [1.29, 1.82) is 5.26 Å². The Bertz CT molecular complexity index is 1240. The fourth-order valence-electron chi connectivity index (χ4n) is 3.70.